The van der Waals surface area contributed by atoms with Crippen LogP contribution in [0, 0.1) is 0 Å². The van der Waals surface area contributed by atoms with Crippen LogP contribution in [0.25, 0.3) is 0 Å². The highest BCUT2D eigenvalue weighted by Crippen LogP contribution is 2.28. The van der Waals surface area contributed by atoms with Crippen molar-refractivity contribution in [3.63, 3.8) is 0 Å². The summed E-state index contributed by atoms with van der Waals surface area (Å²) in [6, 6.07) is 8.64. The van der Waals surface area contributed by atoms with E-state index in [9.17, 15) is 4.79 Å². The number of hydrogen-bond acceptors (Lipinski definition) is 4. The highest BCUT2D eigenvalue weighted by atomic mass is 32.1. The maximum atomic E-state index is 12.1. The minimum atomic E-state index is 0.203. The Kier molecular flexibility index (Phi) is 6.42. The van der Waals surface area contributed by atoms with Gasteiger partial charge in [0.1, 0.15) is 0 Å². The number of amides is 1. The standard InChI is InChI=1S/C16H22N2OS2/c1-3-18(4-2)15(19)9-10-17-16(13-7-5-11-20-13)14-8-6-12-21-14/h5-8,11-12,16-17H,3-4,9-10H2,1-2H3. The summed E-state index contributed by atoms with van der Waals surface area (Å²) in [6.07, 6.45) is 0.551. The lowest BCUT2D eigenvalue weighted by Gasteiger charge is -2.20. The van der Waals surface area contributed by atoms with Crippen LogP contribution < -0.4 is 5.32 Å². The van der Waals surface area contributed by atoms with Gasteiger partial charge in [-0.2, -0.15) is 0 Å². The Hall–Kier alpha value is -1.17. The van der Waals surface area contributed by atoms with Gasteiger partial charge in [-0.25, -0.2) is 0 Å². The monoisotopic (exact) mass is 322 g/mol. The van der Waals surface area contributed by atoms with Gasteiger partial charge in [0.25, 0.3) is 0 Å². The minimum Gasteiger partial charge on any atom is -0.343 e. The molecule has 2 heterocycles. The molecule has 0 atom stereocenters. The van der Waals surface area contributed by atoms with Gasteiger partial charge >= 0.3 is 0 Å². The molecule has 2 rings (SSSR count). The number of carbonyl (C=O) groups excluding carboxylic acids is 1. The zero-order chi connectivity index (χ0) is 15.1. The van der Waals surface area contributed by atoms with Crippen LogP contribution in [0.4, 0.5) is 0 Å². The van der Waals surface area contributed by atoms with Crippen LogP contribution in [0.3, 0.4) is 0 Å². The third-order valence-corrected chi connectivity index (χ3v) is 5.33. The van der Waals surface area contributed by atoms with Crippen LogP contribution in [0.5, 0.6) is 0 Å². The van der Waals surface area contributed by atoms with Crippen molar-refractivity contribution in [3.8, 4) is 0 Å². The fourth-order valence-corrected chi connectivity index (χ4v) is 4.02. The van der Waals surface area contributed by atoms with Crippen molar-refractivity contribution in [1.29, 1.82) is 0 Å². The van der Waals surface area contributed by atoms with E-state index in [2.05, 4.69) is 40.3 Å². The third-order valence-electron chi connectivity index (χ3n) is 3.46. The lowest BCUT2D eigenvalue weighted by molar-refractivity contribution is -0.130. The molecule has 0 fully saturated rings. The van der Waals surface area contributed by atoms with Gasteiger partial charge in [0.15, 0.2) is 0 Å². The molecular formula is C16H22N2OS2. The average molecular weight is 322 g/mol. The van der Waals surface area contributed by atoms with Crippen LogP contribution >= 0.6 is 22.7 Å². The van der Waals surface area contributed by atoms with Crippen LogP contribution in [-0.4, -0.2) is 30.4 Å². The normalized spacial score (nSPS) is 11.0. The number of thiophene rings is 2. The molecule has 1 N–H and O–H groups in total. The van der Waals surface area contributed by atoms with Gasteiger partial charge in [-0.05, 0) is 36.7 Å². The van der Waals surface area contributed by atoms with E-state index in [0.717, 1.165) is 13.1 Å². The van der Waals surface area contributed by atoms with E-state index >= 15 is 0 Å². The molecule has 114 valence electrons. The van der Waals surface area contributed by atoms with Crippen molar-refractivity contribution in [3.05, 3.63) is 44.8 Å². The highest BCUT2D eigenvalue weighted by molar-refractivity contribution is 7.11. The van der Waals surface area contributed by atoms with Gasteiger partial charge in [0, 0.05) is 35.8 Å². The summed E-state index contributed by atoms with van der Waals surface area (Å²) in [6.45, 7) is 6.32. The number of rotatable bonds is 8. The number of nitrogens with one attached hydrogen (secondary N) is 1. The molecule has 0 aliphatic heterocycles. The van der Waals surface area contributed by atoms with Crippen molar-refractivity contribution in [2.45, 2.75) is 26.3 Å². The molecule has 2 aromatic rings. The summed E-state index contributed by atoms with van der Waals surface area (Å²) in [5.74, 6) is 0.226. The molecule has 0 radical (unpaired) electrons. The predicted molar refractivity (Wildman–Crippen MR) is 91.0 cm³/mol. The van der Waals surface area contributed by atoms with Crippen molar-refractivity contribution >= 4 is 28.6 Å². The molecule has 0 aromatic carbocycles. The summed E-state index contributed by atoms with van der Waals surface area (Å²) in [4.78, 5) is 16.5. The molecule has 0 unspecified atom stereocenters. The summed E-state index contributed by atoms with van der Waals surface area (Å²) >= 11 is 3.50. The van der Waals surface area contributed by atoms with Crippen molar-refractivity contribution < 1.29 is 4.79 Å². The minimum absolute atomic E-state index is 0.203. The predicted octanol–water partition coefficient (Wildman–Crippen LogP) is 3.75. The largest absolute Gasteiger partial charge is 0.343 e. The van der Waals surface area contributed by atoms with Crippen LogP contribution in [-0.2, 0) is 4.79 Å². The Labute approximate surface area is 134 Å². The fourth-order valence-electron chi connectivity index (χ4n) is 2.31. The Bertz CT molecular complexity index is 484. The molecule has 0 bridgehead atoms. The maximum absolute atomic E-state index is 12.1. The SMILES string of the molecule is CCN(CC)C(=O)CCNC(c1cccs1)c1cccs1. The second kappa shape index (κ2) is 8.32. The van der Waals surface area contributed by atoms with Crippen molar-refractivity contribution in [2.24, 2.45) is 0 Å². The quantitative estimate of drug-likeness (QED) is 0.803. The molecule has 2 aromatic heterocycles. The topological polar surface area (TPSA) is 32.3 Å². The Balaban J connectivity index is 1.93. The Morgan fingerprint density at radius 1 is 1.14 bits per heavy atom. The van der Waals surface area contributed by atoms with Gasteiger partial charge < -0.3 is 10.2 Å². The summed E-state index contributed by atoms with van der Waals surface area (Å²) in [5, 5.41) is 7.72. The number of carbonyl (C=O) groups is 1. The molecule has 21 heavy (non-hydrogen) atoms. The van der Waals surface area contributed by atoms with Gasteiger partial charge in [0.2, 0.25) is 5.91 Å². The smallest absolute Gasteiger partial charge is 0.223 e. The molecule has 0 aliphatic carbocycles. The average Bonchev–Trinajstić information content (AvgIpc) is 3.18. The number of nitrogens with zero attached hydrogens (tertiary/aromatic N) is 1. The third kappa shape index (κ3) is 4.40. The van der Waals surface area contributed by atoms with Gasteiger partial charge in [-0.15, -0.1) is 22.7 Å². The van der Waals surface area contributed by atoms with E-state index in [4.69, 9.17) is 0 Å². The van der Waals surface area contributed by atoms with Crippen LogP contribution in [0.1, 0.15) is 36.1 Å². The van der Waals surface area contributed by atoms with E-state index in [-0.39, 0.29) is 11.9 Å². The Morgan fingerprint density at radius 3 is 2.14 bits per heavy atom. The van der Waals surface area contributed by atoms with E-state index in [1.807, 2.05) is 18.7 Å². The van der Waals surface area contributed by atoms with E-state index in [0.29, 0.717) is 13.0 Å². The summed E-state index contributed by atoms with van der Waals surface area (Å²) in [5.41, 5.74) is 0. The van der Waals surface area contributed by atoms with Gasteiger partial charge in [0.05, 0.1) is 6.04 Å². The van der Waals surface area contributed by atoms with E-state index < -0.39 is 0 Å². The first-order valence-corrected chi connectivity index (χ1v) is 9.10. The fraction of sp³-hybridized carbons (Fsp3) is 0.438. The first kappa shape index (κ1) is 16.2. The molecule has 0 spiro atoms. The zero-order valence-electron chi connectivity index (χ0n) is 12.5. The van der Waals surface area contributed by atoms with Gasteiger partial charge in [-0.3, -0.25) is 4.79 Å². The first-order valence-electron chi connectivity index (χ1n) is 7.34. The molecule has 1 amide bonds. The van der Waals surface area contributed by atoms with Gasteiger partial charge in [-0.1, -0.05) is 12.1 Å². The summed E-state index contributed by atoms with van der Waals surface area (Å²) < 4.78 is 0. The highest BCUT2D eigenvalue weighted by Gasteiger charge is 2.16. The molecular weight excluding hydrogens is 300 g/mol. The van der Waals surface area contributed by atoms with Crippen LogP contribution in [0.15, 0.2) is 35.0 Å². The number of hydrogen-bond donors (Lipinski definition) is 1. The van der Waals surface area contributed by atoms with E-state index in [1.165, 1.54) is 9.75 Å². The Morgan fingerprint density at radius 2 is 1.71 bits per heavy atom. The maximum Gasteiger partial charge on any atom is 0.223 e. The molecule has 0 aliphatic rings. The van der Waals surface area contributed by atoms with E-state index in [1.54, 1.807) is 22.7 Å². The second-order valence-electron chi connectivity index (χ2n) is 4.73. The summed E-state index contributed by atoms with van der Waals surface area (Å²) in [7, 11) is 0. The lowest BCUT2D eigenvalue weighted by atomic mass is 10.2. The van der Waals surface area contributed by atoms with Crippen LogP contribution in [0.2, 0.25) is 0 Å². The molecule has 3 nitrogen and oxygen atoms in total. The molecule has 5 heteroatoms. The van der Waals surface area contributed by atoms with Crippen molar-refractivity contribution in [1.82, 2.24) is 10.2 Å². The second-order valence-corrected chi connectivity index (χ2v) is 6.69. The zero-order valence-corrected chi connectivity index (χ0v) is 14.2. The first-order chi connectivity index (χ1) is 10.3. The van der Waals surface area contributed by atoms with Crippen molar-refractivity contribution in [2.75, 3.05) is 19.6 Å². The lowest BCUT2D eigenvalue weighted by Crippen LogP contribution is -2.33. The molecule has 0 saturated heterocycles. The molecule has 0 saturated carbocycles.